The van der Waals surface area contributed by atoms with E-state index < -0.39 is 0 Å². The van der Waals surface area contributed by atoms with Crippen molar-refractivity contribution >= 4 is 16.3 Å². The quantitative estimate of drug-likeness (QED) is 0.432. The van der Waals surface area contributed by atoms with Crippen LogP contribution in [0.5, 0.6) is 0 Å². The molecule has 0 aliphatic heterocycles. The van der Waals surface area contributed by atoms with Gasteiger partial charge in [0.1, 0.15) is 0 Å². The number of rotatable bonds is 1. The Labute approximate surface area is 48.4 Å². The summed E-state index contributed by atoms with van der Waals surface area (Å²) in [6.07, 6.45) is 0. The lowest BCUT2D eigenvalue weighted by Crippen LogP contribution is -1.93. The lowest BCUT2D eigenvalue weighted by molar-refractivity contribution is 0.625. The highest BCUT2D eigenvalue weighted by Gasteiger charge is 1.96. The highest BCUT2D eigenvalue weighted by atomic mass is 27.0. The smallest absolute Gasteiger partial charge is 0.0907 e. The number of hydrogen-bond acceptors (Lipinski definition) is 0. The summed E-state index contributed by atoms with van der Waals surface area (Å²) >= 11 is 1.35. The number of hydrogen-bond donors (Lipinski definition) is 0. The van der Waals surface area contributed by atoms with Crippen LogP contribution in [-0.2, 0) is 0 Å². The molecular weight excluding hydrogens is 87.0 g/mol. The van der Waals surface area contributed by atoms with Gasteiger partial charge in [-0.15, -0.1) is 0 Å². The minimum absolute atomic E-state index is 0.914. The molecule has 1 atom stereocenters. The molecule has 0 N–H and O–H groups in total. The third-order valence-electron chi connectivity index (χ3n) is 1.33. The Hall–Kier alpha value is 0.532. The summed E-state index contributed by atoms with van der Waals surface area (Å²) in [6.45, 7) is 6.85. The molecule has 0 radical (unpaired) electrons. The molecule has 0 aromatic heterocycles. The van der Waals surface area contributed by atoms with E-state index in [9.17, 15) is 0 Å². The molecular formula is C5H13Al. The first-order valence-corrected chi connectivity index (χ1v) is 3.80. The van der Waals surface area contributed by atoms with E-state index in [1.165, 1.54) is 16.3 Å². The van der Waals surface area contributed by atoms with Crippen LogP contribution in [0.15, 0.2) is 0 Å². The van der Waals surface area contributed by atoms with Crippen molar-refractivity contribution in [1.29, 1.82) is 0 Å². The highest BCUT2D eigenvalue weighted by Crippen LogP contribution is 2.09. The predicted octanol–water partition coefficient (Wildman–Crippen LogP) is 1.08. The van der Waals surface area contributed by atoms with Gasteiger partial charge in [0.2, 0.25) is 16.3 Å². The molecule has 36 valence electrons. The molecule has 1 unspecified atom stereocenters. The molecule has 0 fully saturated rings. The van der Waals surface area contributed by atoms with Crippen LogP contribution in [0.2, 0.25) is 4.78 Å². The molecule has 0 aliphatic rings. The van der Waals surface area contributed by atoms with Gasteiger partial charge in [-0.1, -0.05) is 31.5 Å². The van der Waals surface area contributed by atoms with Gasteiger partial charge in [-0.05, 0) is 0 Å². The standard InChI is InChI=1S/C5H11.Al.2H/c1-4-5(2)3;;;/h4-5H,1-3H3;;;. The molecule has 6 heavy (non-hydrogen) atoms. The highest BCUT2D eigenvalue weighted by molar-refractivity contribution is 6.11. The van der Waals surface area contributed by atoms with Gasteiger partial charge in [-0.3, -0.25) is 0 Å². The van der Waals surface area contributed by atoms with E-state index in [0.717, 1.165) is 10.7 Å². The van der Waals surface area contributed by atoms with E-state index in [0.29, 0.717) is 0 Å². The summed E-state index contributed by atoms with van der Waals surface area (Å²) in [7, 11) is 0. The van der Waals surface area contributed by atoms with Crippen molar-refractivity contribution in [3.05, 3.63) is 0 Å². The molecule has 0 nitrogen and oxygen atoms in total. The summed E-state index contributed by atoms with van der Waals surface area (Å²) in [5, 5.41) is 0. The Morgan fingerprint density at radius 1 is 1.17 bits per heavy atom. The Morgan fingerprint density at radius 2 is 1.33 bits per heavy atom. The van der Waals surface area contributed by atoms with Crippen LogP contribution in [-0.4, -0.2) is 16.3 Å². The largest absolute Gasteiger partial charge is 0.216 e. The Bertz CT molecular complexity index is 24.9. The maximum Gasteiger partial charge on any atom is 0.216 e. The van der Waals surface area contributed by atoms with Crippen molar-refractivity contribution in [1.82, 2.24) is 0 Å². The molecule has 0 saturated carbocycles. The fourth-order valence-electron chi connectivity index (χ4n) is 0. The molecule has 1 heteroatoms. The molecule has 0 saturated heterocycles. The monoisotopic (exact) mass is 100 g/mol. The zero-order valence-electron chi connectivity index (χ0n) is 5.15. The minimum atomic E-state index is 0.914. The molecule has 0 bridgehead atoms. The maximum atomic E-state index is 2.30. The average molecular weight is 100 g/mol. The first-order valence-electron chi connectivity index (χ1n) is 2.64. The second kappa shape index (κ2) is 2.66. The first-order chi connectivity index (χ1) is 2.64. The Morgan fingerprint density at radius 3 is 1.33 bits per heavy atom. The second-order valence-corrected chi connectivity index (χ2v) is 4.31. The molecule has 0 heterocycles. The molecule has 0 aromatic rings. The van der Waals surface area contributed by atoms with Crippen molar-refractivity contribution in [2.24, 2.45) is 5.92 Å². The van der Waals surface area contributed by atoms with Gasteiger partial charge in [0, 0.05) is 0 Å². The lowest BCUT2D eigenvalue weighted by Gasteiger charge is -2.05. The Kier molecular flexibility index (Phi) is 2.90. The average Bonchev–Trinajstić information content (AvgIpc) is 1.36. The summed E-state index contributed by atoms with van der Waals surface area (Å²) in [6, 6.07) is 0. The fourth-order valence-corrected chi connectivity index (χ4v) is 0. The van der Waals surface area contributed by atoms with Crippen LogP contribution >= 0.6 is 0 Å². The second-order valence-electron chi connectivity index (χ2n) is 2.49. The molecule has 0 aromatic carbocycles. The lowest BCUT2D eigenvalue weighted by atomic mass is 10.1. The van der Waals surface area contributed by atoms with Crippen molar-refractivity contribution in [2.45, 2.75) is 25.6 Å². The van der Waals surface area contributed by atoms with Gasteiger partial charge in [0.05, 0.1) is 0 Å². The Balaban J connectivity index is 2.99. The van der Waals surface area contributed by atoms with Crippen LogP contribution in [0.4, 0.5) is 0 Å². The summed E-state index contributed by atoms with van der Waals surface area (Å²) in [5.41, 5.74) is 0. The zero-order chi connectivity index (χ0) is 5.15. The van der Waals surface area contributed by atoms with Crippen LogP contribution in [0.25, 0.3) is 0 Å². The normalized spacial score (nSPS) is 15.3. The molecule has 0 aliphatic carbocycles. The van der Waals surface area contributed by atoms with Gasteiger partial charge < -0.3 is 0 Å². The van der Waals surface area contributed by atoms with Gasteiger partial charge in [0.15, 0.2) is 0 Å². The van der Waals surface area contributed by atoms with E-state index >= 15 is 0 Å². The van der Waals surface area contributed by atoms with Crippen LogP contribution in [0.1, 0.15) is 20.8 Å². The molecule has 0 spiro atoms. The van der Waals surface area contributed by atoms with Crippen LogP contribution < -0.4 is 0 Å². The van der Waals surface area contributed by atoms with E-state index in [-0.39, 0.29) is 0 Å². The van der Waals surface area contributed by atoms with E-state index in [1.54, 1.807) is 0 Å². The van der Waals surface area contributed by atoms with Crippen molar-refractivity contribution in [3.63, 3.8) is 0 Å². The SMILES string of the molecule is CC(C)[CH](C)[AlH2]. The topological polar surface area (TPSA) is 0 Å². The van der Waals surface area contributed by atoms with Crippen LogP contribution in [0, 0.1) is 5.92 Å². The summed E-state index contributed by atoms with van der Waals surface area (Å²) in [4.78, 5) is 0. The van der Waals surface area contributed by atoms with E-state index in [1.807, 2.05) is 0 Å². The van der Waals surface area contributed by atoms with Gasteiger partial charge in [-0.25, -0.2) is 0 Å². The van der Waals surface area contributed by atoms with Crippen molar-refractivity contribution < 1.29 is 0 Å². The predicted molar refractivity (Wildman–Crippen MR) is 32.8 cm³/mol. The summed E-state index contributed by atoms with van der Waals surface area (Å²) in [5.74, 6) is 0.914. The van der Waals surface area contributed by atoms with Gasteiger partial charge in [-0.2, -0.15) is 0 Å². The third kappa shape index (κ3) is 2.75. The van der Waals surface area contributed by atoms with Gasteiger partial charge >= 0.3 is 0 Å². The first kappa shape index (κ1) is 6.53. The van der Waals surface area contributed by atoms with Gasteiger partial charge in [0.25, 0.3) is 0 Å². The minimum Gasteiger partial charge on any atom is -0.0907 e. The maximum absolute atomic E-state index is 2.30. The van der Waals surface area contributed by atoms with E-state index in [4.69, 9.17) is 0 Å². The molecule has 0 rings (SSSR count). The van der Waals surface area contributed by atoms with Crippen molar-refractivity contribution in [2.75, 3.05) is 0 Å². The molecule has 0 amide bonds. The third-order valence-corrected chi connectivity index (χ3v) is 2.67. The fraction of sp³-hybridized carbons (Fsp3) is 1.00. The van der Waals surface area contributed by atoms with Crippen LogP contribution in [0.3, 0.4) is 0 Å². The summed E-state index contributed by atoms with van der Waals surface area (Å²) < 4.78 is 0.991. The van der Waals surface area contributed by atoms with Crippen molar-refractivity contribution in [3.8, 4) is 0 Å². The van der Waals surface area contributed by atoms with E-state index in [2.05, 4.69) is 20.8 Å². The zero-order valence-corrected chi connectivity index (χ0v) is 7.15.